The van der Waals surface area contributed by atoms with E-state index < -0.39 is 0 Å². The van der Waals surface area contributed by atoms with Crippen molar-refractivity contribution in [3.63, 3.8) is 0 Å². The highest BCUT2D eigenvalue weighted by atomic mass is 16.5. The number of hydrogen-bond acceptors (Lipinski definition) is 4. The number of ether oxygens (including phenoxy) is 1. The fourth-order valence-electron chi connectivity index (χ4n) is 1.84. The third-order valence-electron chi connectivity index (χ3n) is 2.92. The van der Waals surface area contributed by atoms with Gasteiger partial charge in [-0.3, -0.25) is 4.98 Å². The molecule has 0 amide bonds. The monoisotopic (exact) mass is 267 g/mol. The molecule has 0 aliphatic heterocycles. The van der Waals surface area contributed by atoms with Gasteiger partial charge in [-0.05, 0) is 37.3 Å². The van der Waals surface area contributed by atoms with Gasteiger partial charge in [0.15, 0.2) is 0 Å². The van der Waals surface area contributed by atoms with Gasteiger partial charge in [0.1, 0.15) is 12.4 Å². The molecule has 1 atom stereocenters. The lowest BCUT2D eigenvalue weighted by Gasteiger charge is -2.13. The van der Waals surface area contributed by atoms with Crippen LogP contribution >= 0.6 is 0 Å². The number of pyridine rings is 1. The minimum atomic E-state index is 0.185. The van der Waals surface area contributed by atoms with E-state index in [0.717, 1.165) is 11.4 Å². The zero-order valence-electron chi connectivity index (χ0n) is 11.4. The van der Waals surface area contributed by atoms with E-state index in [2.05, 4.69) is 23.3 Å². The highest BCUT2D eigenvalue weighted by Gasteiger charge is 2.04. The molecule has 1 N–H and O–H groups in total. The van der Waals surface area contributed by atoms with E-state index in [0.29, 0.717) is 18.7 Å². The number of nitrogens with zero attached hydrogens (tertiary/aromatic N) is 2. The van der Waals surface area contributed by atoms with Crippen LogP contribution < -0.4 is 10.1 Å². The maximum absolute atomic E-state index is 8.81. The van der Waals surface area contributed by atoms with Gasteiger partial charge >= 0.3 is 0 Å². The first kappa shape index (κ1) is 14.0. The van der Waals surface area contributed by atoms with E-state index in [1.54, 1.807) is 18.3 Å². The molecule has 4 heteroatoms. The first-order valence-corrected chi connectivity index (χ1v) is 6.57. The Balaban J connectivity index is 1.75. The van der Waals surface area contributed by atoms with Crippen LogP contribution in [0.1, 0.15) is 24.2 Å². The summed E-state index contributed by atoms with van der Waals surface area (Å²) < 4.78 is 5.60. The van der Waals surface area contributed by atoms with E-state index in [4.69, 9.17) is 10.00 Å². The Morgan fingerprint density at radius 2 is 2.20 bits per heavy atom. The van der Waals surface area contributed by atoms with Gasteiger partial charge in [0.2, 0.25) is 0 Å². The van der Waals surface area contributed by atoms with E-state index in [1.165, 1.54) is 0 Å². The minimum Gasteiger partial charge on any atom is -0.492 e. The molecule has 0 radical (unpaired) electrons. The predicted molar refractivity (Wildman–Crippen MR) is 77.3 cm³/mol. The van der Waals surface area contributed by atoms with Crippen LogP contribution in [0.4, 0.5) is 0 Å². The van der Waals surface area contributed by atoms with Crippen LogP contribution in [0, 0.1) is 11.3 Å². The van der Waals surface area contributed by atoms with Gasteiger partial charge in [0, 0.05) is 18.8 Å². The van der Waals surface area contributed by atoms with Crippen LogP contribution in [0.25, 0.3) is 0 Å². The minimum absolute atomic E-state index is 0.185. The summed E-state index contributed by atoms with van der Waals surface area (Å²) in [5.74, 6) is 0.719. The predicted octanol–water partition coefficient (Wildman–Crippen LogP) is 2.68. The highest BCUT2D eigenvalue weighted by Crippen LogP contribution is 2.12. The zero-order chi connectivity index (χ0) is 14.2. The zero-order valence-corrected chi connectivity index (χ0v) is 11.4. The van der Waals surface area contributed by atoms with Crippen molar-refractivity contribution in [3.05, 3.63) is 59.9 Å². The third-order valence-corrected chi connectivity index (χ3v) is 2.92. The van der Waals surface area contributed by atoms with Crippen LogP contribution in [0.15, 0.2) is 48.7 Å². The Hall–Kier alpha value is -2.38. The quantitative estimate of drug-likeness (QED) is 0.817. The maximum atomic E-state index is 8.81. The van der Waals surface area contributed by atoms with Crippen LogP contribution in [0.3, 0.4) is 0 Å². The lowest BCUT2D eigenvalue weighted by Crippen LogP contribution is -2.24. The first-order chi connectivity index (χ1) is 9.79. The lowest BCUT2D eigenvalue weighted by molar-refractivity contribution is 0.307. The smallest absolute Gasteiger partial charge is 0.120 e. The molecule has 2 aromatic rings. The second kappa shape index (κ2) is 7.27. The Kier molecular flexibility index (Phi) is 5.10. The molecule has 0 aliphatic carbocycles. The molecule has 20 heavy (non-hydrogen) atoms. The van der Waals surface area contributed by atoms with Crippen LogP contribution in [-0.2, 0) is 0 Å². The van der Waals surface area contributed by atoms with Gasteiger partial charge in [-0.2, -0.15) is 5.26 Å². The fraction of sp³-hybridized carbons (Fsp3) is 0.250. The van der Waals surface area contributed by atoms with Gasteiger partial charge in [0.05, 0.1) is 17.3 Å². The molecule has 0 saturated carbocycles. The summed E-state index contributed by atoms with van der Waals surface area (Å²) >= 11 is 0. The van der Waals surface area contributed by atoms with Gasteiger partial charge in [0.25, 0.3) is 0 Å². The average Bonchev–Trinajstić information content (AvgIpc) is 2.52. The summed E-state index contributed by atoms with van der Waals surface area (Å²) in [6.45, 7) is 3.33. The van der Waals surface area contributed by atoms with Gasteiger partial charge < -0.3 is 10.1 Å². The molecule has 1 aromatic carbocycles. The van der Waals surface area contributed by atoms with Crippen molar-refractivity contribution in [2.24, 2.45) is 0 Å². The molecular weight excluding hydrogens is 250 g/mol. The molecule has 0 aliphatic rings. The van der Waals surface area contributed by atoms with Gasteiger partial charge in [-0.15, -0.1) is 0 Å². The van der Waals surface area contributed by atoms with Crippen molar-refractivity contribution in [1.82, 2.24) is 10.3 Å². The number of benzene rings is 1. The lowest BCUT2D eigenvalue weighted by atomic mass is 10.2. The topological polar surface area (TPSA) is 57.9 Å². The summed E-state index contributed by atoms with van der Waals surface area (Å²) in [6, 6.07) is 15.3. The summed E-state index contributed by atoms with van der Waals surface area (Å²) in [5.41, 5.74) is 1.62. The van der Waals surface area contributed by atoms with Crippen LogP contribution in [0.2, 0.25) is 0 Å². The molecule has 4 nitrogen and oxygen atoms in total. The summed E-state index contributed by atoms with van der Waals surface area (Å²) in [4.78, 5) is 4.30. The van der Waals surface area contributed by atoms with Crippen molar-refractivity contribution in [3.8, 4) is 11.8 Å². The van der Waals surface area contributed by atoms with Crippen molar-refractivity contribution in [2.45, 2.75) is 13.0 Å². The number of nitrogens with one attached hydrogen (secondary N) is 1. The van der Waals surface area contributed by atoms with Gasteiger partial charge in [-0.1, -0.05) is 12.1 Å². The van der Waals surface area contributed by atoms with E-state index in [9.17, 15) is 0 Å². The van der Waals surface area contributed by atoms with E-state index >= 15 is 0 Å². The largest absolute Gasteiger partial charge is 0.492 e. The van der Waals surface area contributed by atoms with Crippen molar-refractivity contribution < 1.29 is 4.74 Å². The van der Waals surface area contributed by atoms with Crippen molar-refractivity contribution in [1.29, 1.82) is 5.26 Å². The second-order valence-corrected chi connectivity index (χ2v) is 4.42. The highest BCUT2D eigenvalue weighted by molar-refractivity contribution is 5.36. The Morgan fingerprint density at radius 1 is 1.30 bits per heavy atom. The normalized spacial score (nSPS) is 11.6. The number of hydrogen-bond donors (Lipinski definition) is 1. The SMILES string of the molecule is C[C@@H](NCCOc1cccc(C#N)c1)c1ccccn1. The van der Waals surface area contributed by atoms with Crippen molar-refractivity contribution in [2.75, 3.05) is 13.2 Å². The second-order valence-electron chi connectivity index (χ2n) is 4.42. The number of nitriles is 1. The summed E-state index contributed by atoms with van der Waals surface area (Å²) in [7, 11) is 0. The molecule has 1 heterocycles. The molecule has 1 aromatic heterocycles. The molecular formula is C16H17N3O. The van der Waals surface area contributed by atoms with E-state index in [1.807, 2.05) is 30.3 Å². The molecule has 0 unspecified atom stereocenters. The van der Waals surface area contributed by atoms with E-state index in [-0.39, 0.29) is 6.04 Å². The Morgan fingerprint density at radius 3 is 2.95 bits per heavy atom. The average molecular weight is 267 g/mol. The number of rotatable bonds is 6. The third kappa shape index (κ3) is 4.08. The summed E-state index contributed by atoms with van der Waals surface area (Å²) in [6.07, 6.45) is 1.79. The van der Waals surface area contributed by atoms with Gasteiger partial charge in [-0.25, -0.2) is 0 Å². The Labute approximate surface area is 119 Å². The molecule has 2 rings (SSSR count). The summed E-state index contributed by atoms with van der Waals surface area (Å²) in [5, 5.41) is 12.2. The van der Waals surface area contributed by atoms with Crippen LogP contribution in [-0.4, -0.2) is 18.1 Å². The molecule has 0 bridgehead atoms. The standard InChI is InChI=1S/C16H17N3O/c1-13(16-7-2-3-8-19-16)18-9-10-20-15-6-4-5-14(11-15)12-17/h2-8,11,13,18H,9-10H2,1H3/t13-/m1/s1. The molecule has 0 saturated heterocycles. The Bertz CT molecular complexity index is 578. The van der Waals surface area contributed by atoms with Crippen LogP contribution in [0.5, 0.6) is 5.75 Å². The number of aromatic nitrogens is 1. The maximum Gasteiger partial charge on any atom is 0.120 e. The molecule has 0 spiro atoms. The molecule has 0 fully saturated rings. The van der Waals surface area contributed by atoms with Crippen molar-refractivity contribution >= 4 is 0 Å². The first-order valence-electron chi connectivity index (χ1n) is 6.57. The fourth-order valence-corrected chi connectivity index (χ4v) is 1.84. The molecule has 102 valence electrons.